The maximum absolute atomic E-state index is 12.0. The maximum Gasteiger partial charge on any atom is 0.258 e. The largest absolute Gasteiger partial charge is 0.484 e. The number of carbonyl (C=O) groups excluding carboxylic acids is 1. The van der Waals surface area contributed by atoms with Crippen molar-refractivity contribution in [2.75, 3.05) is 6.61 Å². The molecule has 0 saturated heterocycles. The number of carbonyl (C=O) groups is 1. The summed E-state index contributed by atoms with van der Waals surface area (Å²) in [6.45, 7) is 4.54. The Hall–Kier alpha value is -2.72. The number of rotatable bonds is 7. The molecule has 2 aromatic carbocycles. The Morgan fingerprint density at radius 3 is 2.41 bits per heavy atom. The van der Waals surface area contributed by atoms with Gasteiger partial charge in [0.15, 0.2) is 6.61 Å². The highest BCUT2D eigenvalue weighted by atomic mass is 35.5. The quantitative estimate of drug-likeness (QED) is 0.592. The lowest BCUT2D eigenvalue weighted by molar-refractivity contribution is -0.123. The molecular formula is C22H22ClNO3. The summed E-state index contributed by atoms with van der Waals surface area (Å²) in [5.74, 6) is 2.35. The molecule has 1 amide bonds. The van der Waals surface area contributed by atoms with E-state index in [4.69, 9.17) is 20.8 Å². The molecule has 0 spiro atoms. The van der Waals surface area contributed by atoms with Crippen molar-refractivity contribution < 1.29 is 13.9 Å². The molecule has 3 rings (SSSR count). The molecule has 4 nitrogen and oxygen atoms in total. The number of ether oxygens (including phenoxy) is 1. The van der Waals surface area contributed by atoms with Gasteiger partial charge in [-0.15, -0.1) is 0 Å². The molecule has 0 radical (unpaired) electrons. The first-order valence-corrected chi connectivity index (χ1v) is 9.23. The van der Waals surface area contributed by atoms with Gasteiger partial charge >= 0.3 is 0 Å². The minimum Gasteiger partial charge on any atom is -0.484 e. The standard InChI is InChI=1S/C22H22ClNO3/c1-15(2)16-5-9-19(10-6-16)26-14-22(25)24-13-20-11-12-21(27-20)17-3-7-18(23)8-4-17/h3-12,15H,13-14H2,1-2H3,(H,24,25). The van der Waals surface area contributed by atoms with Crippen molar-refractivity contribution in [3.63, 3.8) is 0 Å². The molecule has 1 heterocycles. The van der Waals surface area contributed by atoms with E-state index >= 15 is 0 Å². The van der Waals surface area contributed by atoms with Gasteiger partial charge in [-0.3, -0.25) is 4.79 Å². The third-order valence-corrected chi connectivity index (χ3v) is 4.42. The van der Waals surface area contributed by atoms with Crippen LogP contribution in [0.3, 0.4) is 0 Å². The van der Waals surface area contributed by atoms with Crippen molar-refractivity contribution in [2.45, 2.75) is 26.3 Å². The van der Waals surface area contributed by atoms with E-state index in [1.807, 2.05) is 60.7 Å². The first-order valence-electron chi connectivity index (χ1n) is 8.85. The number of hydrogen-bond acceptors (Lipinski definition) is 3. The summed E-state index contributed by atoms with van der Waals surface area (Å²) >= 11 is 5.89. The van der Waals surface area contributed by atoms with Gasteiger partial charge in [0, 0.05) is 10.6 Å². The van der Waals surface area contributed by atoms with Gasteiger partial charge in [-0.05, 0) is 60.0 Å². The smallest absolute Gasteiger partial charge is 0.258 e. The number of furan rings is 1. The van der Waals surface area contributed by atoms with Crippen molar-refractivity contribution >= 4 is 17.5 Å². The molecule has 3 aromatic rings. The second kappa shape index (κ2) is 8.78. The minimum absolute atomic E-state index is 0.0359. The molecule has 1 aromatic heterocycles. The van der Waals surface area contributed by atoms with Gasteiger partial charge in [-0.2, -0.15) is 0 Å². The lowest BCUT2D eigenvalue weighted by Gasteiger charge is -2.09. The van der Waals surface area contributed by atoms with Crippen LogP contribution in [-0.4, -0.2) is 12.5 Å². The maximum atomic E-state index is 12.0. The number of benzene rings is 2. The summed E-state index contributed by atoms with van der Waals surface area (Å²) in [6.07, 6.45) is 0. The Balaban J connectivity index is 1.47. The van der Waals surface area contributed by atoms with E-state index in [1.54, 1.807) is 0 Å². The summed E-state index contributed by atoms with van der Waals surface area (Å²) in [5, 5.41) is 3.47. The third kappa shape index (κ3) is 5.38. The fourth-order valence-electron chi connectivity index (χ4n) is 2.58. The van der Waals surface area contributed by atoms with E-state index in [2.05, 4.69) is 19.2 Å². The molecule has 0 aliphatic rings. The van der Waals surface area contributed by atoms with Crippen LogP contribution in [0.25, 0.3) is 11.3 Å². The number of hydrogen-bond donors (Lipinski definition) is 1. The topological polar surface area (TPSA) is 51.5 Å². The predicted octanol–water partition coefficient (Wildman–Crippen LogP) is 5.42. The Morgan fingerprint density at radius 2 is 1.74 bits per heavy atom. The van der Waals surface area contributed by atoms with Gasteiger partial charge < -0.3 is 14.5 Å². The van der Waals surface area contributed by atoms with Crippen molar-refractivity contribution in [3.05, 3.63) is 77.0 Å². The second-order valence-electron chi connectivity index (χ2n) is 6.56. The molecule has 140 valence electrons. The highest BCUT2D eigenvalue weighted by Gasteiger charge is 2.08. The van der Waals surface area contributed by atoms with Gasteiger partial charge in [-0.1, -0.05) is 37.6 Å². The molecule has 0 bridgehead atoms. The lowest BCUT2D eigenvalue weighted by Crippen LogP contribution is -2.28. The van der Waals surface area contributed by atoms with Gasteiger partial charge in [-0.25, -0.2) is 0 Å². The lowest BCUT2D eigenvalue weighted by atomic mass is 10.0. The highest BCUT2D eigenvalue weighted by molar-refractivity contribution is 6.30. The Labute approximate surface area is 164 Å². The third-order valence-electron chi connectivity index (χ3n) is 4.17. The SMILES string of the molecule is CC(C)c1ccc(OCC(=O)NCc2ccc(-c3ccc(Cl)cc3)o2)cc1. The Morgan fingerprint density at radius 1 is 1.04 bits per heavy atom. The molecule has 5 heteroatoms. The van der Waals surface area contributed by atoms with Crippen LogP contribution in [-0.2, 0) is 11.3 Å². The van der Waals surface area contributed by atoms with E-state index in [0.717, 1.165) is 11.3 Å². The minimum atomic E-state index is -0.202. The van der Waals surface area contributed by atoms with Gasteiger partial charge in [0.1, 0.15) is 17.3 Å². The van der Waals surface area contributed by atoms with Crippen LogP contribution in [0, 0.1) is 0 Å². The summed E-state index contributed by atoms with van der Waals surface area (Å²) in [6, 6.07) is 18.9. The highest BCUT2D eigenvalue weighted by Crippen LogP contribution is 2.23. The average molecular weight is 384 g/mol. The molecule has 27 heavy (non-hydrogen) atoms. The Bertz CT molecular complexity index is 883. The fraction of sp³-hybridized carbons (Fsp3) is 0.227. The monoisotopic (exact) mass is 383 g/mol. The van der Waals surface area contributed by atoms with Crippen LogP contribution in [0.15, 0.2) is 65.1 Å². The van der Waals surface area contributed by atoms with Gasteiger partial charge in [0.25, 0.3) is 5.91 Å². The molecule has 0 aliphatic heterocycles. The van der Waals surface area contributed by atoms with Crippen LogP contribution >= 0.6 is 11.6 Å². The van der Waals surface area contributed by atoms with Crippen LogP contribution in [0.4, 0.5) is 0 Å². The predicted molar refractivity (Wildman–Crippen MR) is 107 cm³/mol. The van der Waals surface area contributed by atoms with Gasteiger partial charge in [0.2, 0.25) is 0 Å². The van der Waals surface area contributed by atoms with Crippen molar-refractivity contribution in [3.8, 4) is 17.1 Å². The summed E-state index contributed by atoms with van der Waals surface area (Å²) in [7, 11) is 0. The number of nitrogens with one attached hydrogen (secondary N) is 1. The average Bonchev–Trinajstić information content (AvgIpc) is 3.14. The van der Waals surface area contributed by atoms with Crippen molar-refractivity contribution in [1.82, 2.24) is 5.32 Å². The molecule has 0 saturated carbocycles. The van der Waals surface area contributed by atoms with Crippen LogP contribution < -0.4 is 10.1 Å². The molecule has 0 aliphatic carbocycles. The van der Waals surface area contributed by atoms with E-state index < -0.39 is 0 Å². The molecule has 0 fully saturated rings. The van der Waals surface area contributed by atoms with E-state index in [9.17, 15) is 4.79 Å². The van der Waals surface area contributed by atoms with Crippen LogP contribution in [0.1, 0.15) is 31.1 Å². The fourth-order valence-corrected chi connectivity index (χ4v) is 2.70. The van der Waals surface area contributed by atoms with E-state index in [0.29, 0.717) is 29.0 Å². The first-order chi connectivity index (χ1) is 13.0. The zero-order chi connectivity index (χ0) is 19.2. The van der Waals surface area contributed by atoms with Crippen molar-refractivity contribution in [2.24, 2.45) is 0 Å². The number of halogens is 1. The van der Waals surface area contributed by atoms with Crippen LogP contribution in [0.5, 0.6) is 5.75 Å². The Kier molecular flexibility index (Phi) is 6.20. The first kappa shape index (κ1) is 19.1. The van der Waals surface area contributed by atoms with Crippen molar-refractivity contribution in [1.29, 1.82) is 0 Å². The van der Waals surface area contributed by atoms with E-state index in [-0.39, 0.29) is 12.5 Å². The number of amides is 1. The summed E-state index contributed by atoms with van der Waals surface area (Å²) < 4.78 is 11.3. The zero-order valence-corrected chi connectivity index (χ0v) is 16.1. The molecule has 0 unspecified atom stereocenters. The van der Waals surface area contributed by atoms with E-state index in [1.165, 1.54) is 5.56 Å². The zero-order valence-electron chi connectivity index (χ0n) is 15.4. The molecule has 0 atom stereocenters. The molecular weight excluding hydrogens is 362 g/mol. The molecule has 1 N–H and O–H groups in total. The summed E-state index contributed by atoms with van der Waals surface area (Å²) in [5.41, 5.74) is 2.17. The van der Waals surface area contributed by atoms with Crippen LogP contribution in [0.2, 0.25) is 5.02 Å². The summed E-state index contributed by atoms with van der Waals surface area (Å²) in [4.78, 5) is 12.0. The second-order valence-corrected chi connectivity index (χ2v) is 7.00. The van der Waals surface area contributed by atoms with Gasteiger partial charge in [0.05, 0.1) is 6.54 Å². The normalized spacial score (nSPS) is 10.8.